The molecule has 1 fully saturated rings. The van der Waals surface area contributed by atoms with Crippen LogP contribution in [-0.2, 0) is 9.84 Å². The highest BCUT2D eigenvalue weighted by atomic mass is 32.2. The quantitative estimate of drug-likeness (QED) is 0.869. The average Bonchev–Trinajstić information content (AvgIpc) is 2.82. The molecule has 1 aromatic carbocycles. The highest BCUT2D eigenvalue weighted by Gasteiger charge is 2.39. The molecule has 1 aliphatic rings. The average molecular weight is 327 g/mol. The number of hydrogen-bond acceptors (Lipinski definition) is 4. The molecule has 4 nitrogen and oxygen atoms in total. The highest BCUT2D eigenvalue weighted by Crippen LogP contribution is 2.30. The Labute approximate surface area is 126 Å². The van der Waals surface area contributed by atoms with Crippen molar-refractivity contribution in [2.24, 2.45) is 0 Å². The van der Waals surface area contributed by atoms with Gasteiger partial charge in [-0.1, -0.05) is 13.0 Å². The van der Waals surface area contributed by atoms with Gasteiger partial charge in [0, 0.05) is 28.9 Å². The fraction of sp³-hybridized carbons (Fsp3) is 0.357. The highest BCUT2D eigenvalue weighted by molar-refractivity contribution is 7.92. The van der Waals surface area contributed by atoms with Crippen LogP contribution in [0.15, 0.2) is 24.3 Å². The van der Waals surface area contributed by atoms with Gasteiger partial charge >= 0.3 is 0 Å². The molecule has 0 radical (unpaired) electrons. The predicted molar refractivity (Wildman–Crippen MR) is 80.9 cm³/mol. The van der Waals surface area contributed by atoms with Crippen LogP contribution < -0.4 is 0 Å². The summed E-state index contributed by atoms with van der Waals surface area (Å²) in [6.45, 7) is 2.06. The van der Waals surface area contributed by atoms with Crippen molar-refractivity contribution in [2.75, 3.05) is 18.8 Å². The van der Waals surface area contributed by atoms with Crippen LogP contribution in [0.4, 0.5) is 4.39 Å². The first-order chi connectivity index (χ1) is 9.92. The van der Waals surface area contributed by atoms with Crippen molar-refractivity contribution >= 4 is 37.2 Å². The smallest absolute Gasteiger partial charge is 0.264 e. The number of amides is 1. The number of sulfone groups is 1. The van der Waals surface area contributed by atoms with Gasteiger partial charge in [0.15, 0.2) is 9.84 Å². The van der Waals surface area contributed by atoms with Gasteiger partial charge in [0.2, 0.25) is 0 Å². The third-order valence-corrected chi connectivity index (χ3v) is 6.97. The maximum atomic E-state index is 13.6. The van der Waals surface area contributed by atoms with E-state index in [1.807, 2.05) is 0 Å². The molecule has 2 heterocycles. The minimum Gasteiger partial charge on any atom is -0.335 e. The third-order valence-electron chi connectivity index (χ3n) is 3.76. The van der Waals surface area contributed by atoms with Gasteiger partial charge in [-0.2, -0.15) is 0 Å². The summed E-state index contributed by atoms with van der Waals surface area (Å²) in [7, 11) is -3.09. The summed E-state index contributed by atoms with van der Waals surface area (Å²) in [5, 5.41) is -0.0262. The number of likely N-dealkylation sites (tertiary alicyclic amines) is 1. The Bertz CT molecular complexity index is 807. The lowest BCUT2D eigenvalue weighted by Crippen LogP contribution is -2.57. The minimum absolute atomic E-state index is 0.0911. The molecular weight excluding hydrogens is 313 g/mol. The van der Waals surface area contributed by atoms with Gasteiger partial charge in [0.25, 0.3) is 5.91 Å². The second kappa shape index (κ2) is 5.06. The molecule has 112 valence electrons. The van der Waals surface area contributed by atoms with Crippen molar-refractivity contribution in [3.05, 3.63) is 35.0 Å². The third kappa shape index (κ3) is 2.44. The molecular formula is C14H14FNO3S2. The summed E-state index contributed by atoms with van der Waals surface area (Å²) in [6.07, 6.45) is 0. The molecule has 1 saturated heterocycles. The lowest BCUT2D eigenvalue weighted by Gasteiger charge is -2.38. The van der Waals surface area contributed by atoms with Crippen LogP contribution in [0.2, 0.25) is 0 Å². The molecule has 1 aliphatic heterocycles. The Morgan fingerprint density at radius 3 is 2.76 bits per heavy atom. The van der Waals surface area contributed by atoms with Gasteiger partial charge in [-0.15, -0.1) is 11.3 Å². The second-order valence-corrected chi connectivity index (χ2v) is 8.70. The molecule has 1 aromatic heterocycles. The minimum atomic E-state index is -3.09. The van der Waals surface area contributed by atoms with E-state index in [9.17, 15) is 17.6 Å². The molecule has 7 heteroatoms. The standard InChI is InChI=1S/C14H14FNO3S2/c1-2-21(18,19)9-7-16(8-9)14(17)13-6-10-11(15)4-3-5-12(10)20-13/h3-6,9H,2,7-8H2,1H3. The molecule has 0 N–H and O–H groups in total. The molecule has 0 atom stereocenters. The summed E-state index contributed by atoms with van der Waals surface area (Å²) in [4.78, 5) is 14.2. The Balaban J connectivity index is 1.79. The van der Waals surface area contributed by atoms with Crippen molar-refractivity contribution in [2.45, 2.75) is 12.2 Å². The fourth-order valence-electron chi connectivity index (χ4n) is 2.35. The summed E-state index contributed by atoms with van der Waals surface area (Å²) < 4.78 is 37.7. The Hall–Kier alpha value is -1.47. The number of thiophene rings is 1. The Morgan fingerprint density at radius 1 is 1.43 bits per heavy atom. The maximum Gasteiger partial charge on any atom is 0.264 e. The van der Waals surface area contributed by atoms with E-state index in [2.05, 4.69) is 0 Å². The van der Waals surface area contributed by atoms with Gasteiger partial charge in [-0.05, 0) is 18.2 Å². The number of fused-ring (bicyclic) bond motifs is 1. The molecule has 0 aliphatic carbocycles. The van der Waals surface area contributed by atoms with Crippen LogP contribution in [0.3, 0.4) is 0 Å². The lowest BCUT2D eigenvalue weighted by atomic mass is 10.2. The lowest BCUT2D eigenvalue weighted by molar-refractivity contribution is 0.0664. The number of nitrogens with zero attached hydrogens (tertiary/aromatic N) is 1. The largest absolute Gasteiger partial charge is 0.335 e. The van der Waals surface area contributed by atoms with Gasteiger partial charge in [-0.3, -0.25) is 4.79 Å². The maximum absolute atomic E-state index is 13.6. The number of benzene rings is 1. The van der Waals surface area contributed by atoms with Crippen LogP contribution >= 0.6 is 11.3 Å². The second-order valence-electron chi connectivity index (χ2n) is 5.05. The Morgan fingerprint density at radius 2 is 2.14 bits per heavy atom. The number of carbonyl (C=O) groups excluding carboxylic acids is 1. The summed E-state index contributed by atoms with van der Waals surface area (Å²) in [5.41, 5.74) is 0. The summed E-state index contributed by atoms with van der Waals surface area (Å²) >= 11 is 1.23. The number of halogens is 1. The van der Waals surface area contributed by atoms with E-state index >= 15 is 0 Å². The normalized spacial score (nSPS) is 16.2. The van der Waals surface area contributed by atoms with E-state index in [0.717, 1.165) is 4.70 Å². The van der Waals surface area contributed by atoms with Crippen molar-refractivity contribution in [3.8, 4) is 0 Å². The van der Waals surface area contributed by atoms with Gasteiger partial charge in [0.05, 0.1) is 10.1 Å². The molecule has 0 spiro atoms. The molecule has 0 saturated carbocycles. The number of rotatable bonds is 3. The van der Waals surface area contributed by atoms with Gasteiger partial charge < -0.3 is 4.90 Å². The first kappa shape index (κ1) is 14.5. The Kier molecular flexibility index (Phi) is 3.49. The van der Waals surface area contributed by atoms with Crippen LogP contribution in [0, 0.1) is 5.82 Å². The van der Waals surface area contributed by atoms with Gasteiger partial charge in [-0.25, -0.2) is 12.8 Å². The van der Waals surface area contributed by atoms with Crippen LogP contribution in [0.1, 0.15) is 16.6 Å². The van der Waals surface area contributed by atoms with E-state index in [1.54, 1.807) is 25.1 Å². The van der Waals surface area contributed by atoms with Crippen molar-refractivity contribution in [1.29, 1.82) is 0 Å². The molecule has 3 rings (SSSR count). The number of hydrogen-bond donors (Lipinski definition) is 0. The van der Waals surface area contributed by atoms with Crippen LogP contribution in [0.25, 0.3) is 10.1 Å². The molecule has 0 bridgehead atoms. The zero-order valence-electron chi connectivity index (χ0n) is 11.4. The first-order valence-corrected chi connectivity index (χ1v) is 9.14. The predicted octanol–water partition coefficient (Wildman–Crippen LogP) is 2.30. The van der Waals surface area contributed by atoms with E-state index in [1.165, 1.54) is 22.3 Å². The number of carbonyl (C=O) groups is 1. The van der Waals surface area contributed by atoms with E-state index < -0.39 is 15.1 Å². The zero-order valence-corrected chi connectivity index (χ0v) is 13.0. The van der Waals surface area contributed by atoms with Crippen molar-refractivity contribution < 1.29 is 17.6 Å². The van der Waals surface area contributed by atoms with Gasteiger partial charge in [0.1, 0.15) is 5.82 Å². The van der Waals surface area contributed by atoms with E-state index in [-0.39, 0.29) is 30.6 Å². The summed E-state index contributed by atoms with van der Waals surface area (Å²) in [6, 6.07) is 6.27. The van der Waals surface area contributed by atoms with Crippen LogP contribution in [-0.4, -0.2) is 43.3 Å². The first-order valence-electron chi connectivity index (χ1n) is 6.61. The van der Waals surface area contributed by atoms with Crippen molar-refractivity contribution in [1.82, 2.24) is 4.90 Å². The zero-order chi connectivity index (χ0) is 15.2. The molecule has 0 unspecified atom stereocenters. The molecule has 2 aromatic rings. The van der Waals surface area contributed by atoms with E-state index in [4.69, 9.17) is 0 Å². The van der Waals surface area contributed by atoms with Crippen molar-refractivity contribution in [3.63, 3.8) is 0 Å². The molecule has 21 heavy (non-hydrogen) atoms. The fourth-order valence-corrected chi connectivity index (χ4v) is 4.68. The topological polar surface area (TPSA) is 54.5 Å². The SMILES string of the molecule is CCS(=O)(=O)C1CN(C(=O)c2cc3c(F)cccc3s2)C1. The summed E-state index contributed by atoms with van der Waals surface area (Å²) in [5.74, 6) is -0.482. The molecule has 1 amide bonds. The van der Waals surface area contributed by atoms with E-state index in [0.29, 0.717) is 10.3 Å². The van der Waals surface area contributed by atoms with Crippen LogP contribution in [0.5, 0.6) is 0 Å². The monoisotopic (exact) mass is 327 g/mol.